The van der Waals surface area contributed by atoms with Gasteiger partial charge in [0.05, 0.1) is 6.26 Å². The van der Waals surface area contributed by atoms with Gasteiger partial charge >= 0.3 is 12.0 Å². The lowest BCUT2D eigenvalue weighted by atomic mass is 10.3. The zero-order chi connectivity index (χ0) is 15.7. The van der Waals surface area contributed by atoms with Gasteiger partial charge in [0.25, 0.3) is 5.91 Å². The summed E-state index contributed by atoms with van der Waals surface area (Å²) in [4.78, 5) is 34.0. The number of carbonyl (C=O) groups is 3. The molecule has 1 atom stereocenters. The summed E-state index contributed by atoms with van der Waals surface area (Å²) in [6.07, 6.45) is 4.75. The van der Waals surface area contributed by atoms with E-state index in [9.17, 15) is 14.4 Å². The number of rotatable bonds is 6. The highest BCUT2D eigenvalue weighted by atomic mass is 16.5. The van der Waals surface area contributed by atoms with Crippen LogP contribution in [0.5, 0.6) is 0 Å². The maximum absolute atomic E-state index is 11.4. The Kier molecular flexibility index (Phi) is 6.73. The van der Waals surface area contributed by atoms with E-state index in [0.717, 1.165) is 12.5 Å². The summed E-state index contributed by atoms with van der Waals surface area (Å²) < 4.78 is 9.66. The molecule has 0 unspecified atom stereocenters. The summed E-state index contributed by atoms with van der Waals surface area (Å²) in [6.45, 7) is 3.18. The molecule has 0 aliphatic heterocycles. The van der Waals surface area contributed by atoms with Gasteiger partial charge in [0.2, 0.25) is 0 Å². The average molecular weight is 294 g/mol. The van der Waals surface area contributed by atoms with E-state index in [1.807, 2.05) is 13.8 Å². The lowest BCUT2D eigenvalue weighted by Gasteiger charge is -2.11. The summed E-state index contributed by atoms with van der Waals surface area (Å²) in [5.74, 6) is -0.913. The van der Waals surface area contributed by atoms with Gasteiger partial charge in [0, 0.05) is 12.1 Å². The smallest absolute Gasteiger partial charge is 0.331 e. The third kappa shape index (κ3) is 6.95. The summed E-state index contributed by atoms with van der Waals surface area (Å²) in [6, 6.07) is 2.68. The van der Waals surface area contributed by atoms with Crippen LogP contribution in [0.3, 0.4) is 0 Å². The van der Waals surface area contributed by atoms with Crippen molar-refractivity contribution in [2.75, 3.05) is 6.61 Å². The molecule has 21 heavy (non-hydrogen) atoms. The molecule has 1 heterocycles. The number of amides is 3. The van der Waals surface area contributed by atoms with Crippen LogP contribution in [0.1, 0.15) is 26.0 Å². The molecule has 0 saturated carbocycles. The van der Waals surface area contributed by atoms with Gasteiger partial charge in [0.1, 0.15) is 5.76 Å². The summed E-state index contributed by atoms with van der Waals surface area (Å²) in [7, 11) is 0. The lowest BCUT2D eigenvalue weighted by molar-refractivity contribution is -0.143. The van der Waals surface area contributed by atoms with Crippen molar-refractivity contribution in [2.24, 2.45) is 0 Å². The van der Waals surface area contributed by atoms with E-state index in [1.165, 1.54) is 12.3 Å². The average Bonchev–Trinajstić information content (AvgIpc) is 2.95. The van der Waals surface area contributed by atoms with Gasteiger partial charge in [-0.05, 0) is 31.6 Å². The molecule has 2 N–H and O–H groups in total. The molecule has 0 fully saturated rings. The summed E-state index contributed by atoms with van der Waals surface area (Å²) in [5.41, 5.74) is 0. The minimum Gasteiger partial charge on any atom is -0.465 e. The minimum absolute atomic E-state index is 0.0448. The monoisotopic (exact) mass is 294 g/mol. The molecule has 7 heteroatoms. The van der Waals surface area contributed by atoms with Gasteiger partial charge in [-0.25, -0.2) is 9.59 Å². The standard InChI is InChI=1S/C14H18N2O5/c1-3-10(2)15-14(19)16-12(17)9-21-13(18)7-6-11-5-4-8-20-11/h4-8,10H,3,9H2,1-2H3,(H2,15,16,17,19)/b7-6+/t10-/m0/s1. The number of hydrogen-bond acceptors (Lipinski definition) is 5. The van der Waals surface area contributed by atoms with Gasteiger partial charge in [0.15, 0.2) is 6.61 Å². The van der Waals surface area contributed by atoms with Crippen molar-refractivity contribution in [2.45, 2.75) is 26.3 Å². The zero-order valence-corrected chi connectivity index (χ0v) is 11.9. The fourth-order valence-electron chi connectivity index (χ4n) is 1.25. The highest BCUT2D eigenvalue weighted by Gasteiger charge is 2.11. The minimum atomic E-state index is -0.705. The molecule has 114 valence electrons. The fraction of sp³-hybridized carbons (Fsp3) is 0.357. The molecule has 1 rings (SSSR count). The highest BCUT2D eigenvalue weighted by Crippen LogP contribution is 2.02. The van der Waals surface area contributed by atoms with Crippen LogP contribution in [0.15, 0.2) is 28.9 Å². The van der Waals surface area contributed by atoms with Crippen LogP contribution >= 0.6 is 0 Å². The third-order valence-electron chi connectivity index (χ3n) is 2.52. The molecule has 0 radical (unpaired) electrons. The van der Waals surface area contributed by atoms with Crippen LogP contribution in [0.2, 0.25) is 0 Å². The molecule has 1 aromatic rings. The first kappa shape index (κ1) is 16.5. The third-order valence-corrected chi connectivity index (χ3v) is 2.52. The Morgan fingerprint density at radius 1 is 1.43 bits per heavy atom. The van der Waals surface area contributed by atoms with E-state index in [-0.39, 0.29) is 6.04 Å². The number of furan rings is 1. The van der Waals surface area contributed by atoms with Crippen molar-refractivity contribution >= 4 is 24.0 Å². The van der Waals surface area contributed by atoms with Crippen LogP contribution in [-0.4, -0.2) is 30.6 Å². The van der Waals surface area contributed by atoms with Gasteiger partial charge in [-0.15, -0.1) is 0 Å². The molecule has 7 nitrogen and oxygen atoms in total. The van der Waals surface area contributed by atoms with Gasteiger partial charge in [-0.3, -0.25) is 10.1 Å². The molecule has 0 saturated heterocycles. The second-order valence-electron chi connectivity index (χ2n) is 4.29. The highest BCUT2D eigenvalue weighted by molar-refractivity contribution is 5.96. The second kappa shape index (κ2) is 8.57. The van der Waals surface area contributed by atoms with Crippen molar-refractivity contribution in [3.05, 3.63) is 30.2 Å². The van der Waals surface area contributed by atoms with E-state index >= 15 is 0 Å². The zero-order valence-electron chi connectivity index (χ0n) is 11.9. The van der Waals surface area contributed by atoms with Gasteiger partial charge < -0.3 is 14.5 Å². The van der Waals surface area contributed by atoms with Crippen molar-refractivity contribution in [1.82, 2.24) is 10.6 Å². The van der Waals surface area contributed by atoms with Crippen LogP contribution in [0, 0.1) is 0 Å². The van der Waals surface area contributed by atoms with E-state index < -0.39 is 24.5 Å². The van der Waals surface area contributed by atoms with Crippen LogP contribution in [0.25, 0.3) is 6.08 Å². The quantitative estimate of drug-likeness (QED) is 0.611. The molecule has 3 amide bonds. The Hall–Kier alpha value is -2.57. The molecular formula is C14H18N2O5. The topological polar surface area (TPSA) is 97.6 Å². The van der Waals surface area contributed by atoms with Crippen molar-refractivity contribution in [3.63, 3.8) is 0 Å². The van der Waals surface area contributed by atoms with Crippen molar-refractivity contribution in [1.29, 1.82) is 0 Å². The summed E-state index contributed by atoms with van der Waals surface area (Å²) in [5, 5.41) is 4.62. The van der Waals surface area contributed by atoms with Crippen LogP contribution in [0.4, 0.5) is 4.79 Å². The Bertz CT molecular complexity index is 507. The van der Waals surface area contributed by atoms with Crippen molar-refractivity contribution in [3.8, 4) is 0 Å². The van der Waals surface area contributed by atoms with Crippen LogP contribution < -0.4 is 10.6 Å². The second-order valence-corrected chi connectivity index (χ2v) is 4.29. The first-order chi connectivity index (χ1) is 10.0. The molecule has 1 aromatic heterocycles. The largest absolute Gasteiger partial charge is 0.465 e. The molecule has 0 aromatic carbocycles. The first-order valence-corrected chi connectivity index (χ1v) is 6.50. The Balaban J connectivity index is 2.26. The number of ether oxygens (including phenoxy) is 1. The molecular weight excluding hydrogens is 276 g/mol. The number of urea groups is 1. The van der Waals surface area contributed by atoms with Gasteiger partial charge in [-0.1, -0.05) is 6.92 Å². The maximum atomic E-state index is 11.4. The Morgan fingerprint density at radius 3 is 2.81 bits per heavy atom. The SMILES string of the molecule is CC[C@H](C)NC(=O)NC(=O)COC(=O)/C=C/c1ccco1. The predicted octanol–water partition coefficient (Wildman–Crippen LogP) is 1.46. The molecule has 0 aliphatic carbocycles. The van der Waals surface area contributed by atoms with Crippen LogP contribution in [-0.2, 0) is 14.3 Å². The van der Waals surface area contributed by atoms with E-state index in [2.05, 4.69) is 15.4 Å². The molecule has 0 aliphatic rings. The van der Waals surface area contributed by atoms with E-state index in [4.69, 9.17) is 4.42 Å². The maximum Gasteiger partial charge on any atom is 0.331 e. The van der Waals surface area contributed by atoms with E-state index in [1.54, 1.807) is 12.1 Å². The van der Waals surface area contributed by atoms with E-state index in [0.29, 0.717) is 5.76 Å². The number of imide groups is 1. The fourth-order valence-corrected chi connectivity index (χ4v) is 1.25. The predicted molar refractivity (Wildman–Crippen MR) is 75.1 cm³/mol. The van der Waals surface area contributed by atoms with Crippen molar-refractivity contribution < 1.29 is 23.5 Å². The number of esters is 1. The summed E-state index contributed by atoms with van der Waals surface area (Å²) >= 11 is 0. The Labute approximate surface area is 122 Å². The number of nitrogens with one attached hydrogen (secondary N) is 2. The molecule has 0 spiro atoms. The Morgan fingerprint density at radius 2 is 2.19 bits per heavy atom. The molecule has 0 bridgehead atoms. The van der Waals surface area contributed by atoms with Gasteiger partial charge in [-0.2, -0.15) is 0 Å². The normalized spacial score (nSPS) is 11.9. The number of hydrogen-bond donors (Lipinski definition) is 2. The lowest BCUT2D eigenvalue weighted by Crippen LogP contribution is -2.44. The number of carbonyl (C=O) groups excluding carboxylic acids is 3. The first-order valence-electron chi connectivity index (χ1n) is 6.50.